The number of ether oxygens (including phenoxy) is 3. The zero-order valence-electron chi connectivity index (χ0n) is 25.9. The van der Waals surface area contributed by atoms with Crippen LogP contribution in [0.15, 0.2) is 72.8 Å². The number of benzene rings is 2. The summed E-state index contributed by atoms with van der Waals surface area (Å²) in [6, 6.07) is 18.7. The van der Waals surface area contributed by atoms with Crippen molar-refractivity contribution in [2.75, 3.05) is 13.2 Å². The predicted octanol–water partition coefficient (Wildman–Crippen LogP) is 8.89. The van der Waals surface area contributed by atoms with Gasteiger partial charge in [-0.1, -0.05) is 145 Å². The monoisotopic (exact) mass is 590 g/mol. The van der Waals surface area contributed by atoms with Gasteiger partial charge in [0.05, 0.1) is 0 Å². The van der Waals surface area contributed by atoms with Crippen molar-refractivity contribution in [1.29, 1.82) is 0 Å². The smallest absolute Gasteiger partial charge is 0.331 e. The molecule has 0 N–H and O–H groups in total. The van der Waals surface area contributed by atoms with Gasteiger partial charge in [0.1, 0.15) is 13.2 Å². The molecule has 0 radical (unpaired) electrons. The molecule has 6 nitrogen and oxygen atoms in total. The van der Waals surface area contributed by atoms with E-state index >= 15 is 0 Å². The van der Waals surface area contributed by atoms with Crippen LogP contribution in [0.1, 0.15) is 108 Å². The second-order valence-electron chi connectivity index (χ2n) is 10.9. The molecule has 0 fully saturated rings. The Balaban J connectivity index is 1.68. The molecule has 6 heteroatoms. The zero-order chi connectivity index (χ0) is 30.8. The highest BCUT2D eigenvalue weighted by Crippen LogP contribution is 2.13. The van der Waals surface area contributed by atoms with E-state index in [4.69, 9.17) is 14.2 Å². The third-order valence-electron chi connectivity index (χ3n) is 7.03. The summed E-state index contributed by atoms with van der Waals surface area (Å²) in [6.07, 6.45) is 21.3. The lowest BCUT2D eigenvalue weighted by Crippen LogP contribution is -2.30. The van der Waals surface area contributed by atoms with Crippen molar-refractivity contribution in [3.05, 3.63) is 83.9 Å². The maximum absolute atomic E-state index is 12.4. The molecule has 0 aliphatic rings. The van der Waals surface area contributed by atoms with Crippen LogP contribution in [0.4, 0.5) is 0 Å². The molecule has 0 saturated heterocycles. The van der Waals surface area contributed by atoms with Gasteiger partial charge < -0.3 is 14.2 Å². The fourth-order valence-electron chi connectivity index (χ4n) is 4.54. The van der Waals surface area contributed by atoms with Crippen LogP contribution in [-0.4, -0.2) is 37.2 Å². The number of carbonyl (C=O) groups excluding carboxylic acids is 3. The largest absolute Gasteiger partial charge is 0.462 e. The lowest BCUT2D eigenvalue weighted by atomic mass is 10.0. The van der Waals surface area contributed by atoms with Crippen LogP contribution >= 0.6 is 0 Å². The topological polar surface area (TPSA) is 78.9 Å². The number of unbranched alkanes of at least 4 members (excludes halogenated alkanes) is 12. The Morgan fingerprint density at radius 1 is 0.581 bits per heavy atom. The molecule has 2 rings (SSSR count). The maximum atomic E-state index is 12.4. The van der Waals surface area contributed by atoms with Gasteiger partial charge in [0.25, 0.3) is 0 Å². The zero-order valence-corrected chi connectivity index (χ0v) is 25.9. The highest BCUT2D eigenvalue weighted by Gasteiger charge is 2.18. The van der Waals surface area contributed by atoms with Crippen molar-refractivity contribution < 1.29 is 28.6 Å². The van der Waals surface area contributed by atoms with E-state index in [0.29, 0.717) is 6.42 Å². The molecule has 0 bridgehead atoms. The Labute approximate surface area is 258 Å². The molecule has 0 aliphatic carbocycles. The molecule has 0 saturated carbocycles. The number of rotatable bonds is 23. The Kier molecular flexibility index (Phi) is 19.7. The lowest BCUT2D eigenvalue weighted by molar-refractivity contribution is -0.162. The van der Waals surface area contributed by atoms with Crippen molar-refractivity contribution in [2.24, 2.45) is 0 Å². The highest BCUT2D eigenvalue weighted by atomic mass is 16.6. The molecule has 43 heavy (non-hydrogen) atoms. The molecule has 2 aromatic carbocycles. The average Bonchev–Trinajstić information content (AvgIpc) is 3.03. The standard InChI is InChI=1S/C37H50O6/c1-2-3-4-5-6-7-8-9-10-11-12-13-20-25-35(38)41-30-34(43-37(40)29-27-33-23-18-15-19-24-33)31-42-36(39)28-26-32-21-16-14-17-22-32/h14-19,21-24,26-29,34H,2-13,20,25,30-31H2,1H3/b28-26+,29-27-. The van der Waals surface area contributed by atoms with Crippen LogP contribution in [0.2, 0.25) is 0 Å². The van der Waals surface area contributed by atoms with Crippen molar-refractivity contribution in [3.8, 4) is 0 Å². The number of hydrogen-bond acceptors (Lipinski definition) is 6. The second kappa shape index (κ2) is 23.8. The third-order valence-corrected chi connectivity index (χ3v) is 7.03. The van der Waals surface area contributed by atoms with E-state index in [1.807, 2.05) is 60.7 Å². The van der Waals surface area contributed by atoms with Crippen LogP contribution in [0.5, 0.6) is 0 Å². The van der Waals surface area contributed by atoms with Crippen LogP contribution < -0.4 is 0 Å². The lowest BCUT2D eigenvalue weighted by Gasteiger charge is -2.17. The molecule has 0 amide bonds. The molecule has 2 aromatic rings. The van der Waals surface area contributed by atoms with Crippen LogP contribution in [0.3, 0.4) is 0 Å². The van der Waals surface area contributed by atoms with E-state index in [0.717, 1.165) is 30.4 Å². The van der Waals surface area contributed by atoms with Crippen molar-refractivity contribution >= 4 is 30.1 Å². The van der Waals surface area contributed by atoms with E-state index < -0.39 is 18.0 Å². The van der Waals surface area contributed by atoms with Gasteiger partial charge in [0.15, 0.2) is 6.10 Å². The summed E-state index contributed by atoms with van der Waals surface area (Å²) in [6.45, 7) is 1.84. The van der Waals surface area contributed by atoms with Gasteiger partial charge in [0.2, 0.25) is 0 Å². The normalized spacial score (nSPS) is 11.9. The van der Waals surface area contributed by atoms with Crippen molar-refractivity contribution in [3.63, 3.8) is 0 Å². The summed E-state index contributed by atoms with van der Waals surface area (Å²) in [5.41, 5.74) is 1.70. The number of esters is 3. The summed E-state index contributed by atoms with van der Waals surface area (Å²) in [4.78, 5) is 37.0. The highest BCUT2D eigenvalue weighted by molar-refractivity contribution is 5.88. The van der Waals surface area contributed by atoms with Crippen LogP contribution in [0, 0.1) is 0 Å². The minimum absolute atomic E-state index is 0.183. The summed E-state index contributed by atoms with van der Waals surface area (Å²) >= 11 is 0. The Hall–Kier alpha value is -3.67. The van der Waals surface area contributed by atoms with E-state index in [-0.39, 0.29) is 19.2 Å². The Morgan fingerprint density at radius 3 is 1.53 bits per heavy atom. The SMILES string of the molecule is CCCCCCCCCCCCCCCC(=O)OCC(COC(=O)/C=C/c1ccccc1)OC(=O)/C=C\c1ccccc1. The first-order valence-corrected chi connectivity index (χ1v) is 16.1. The van der Waals surface area contributed by atoms with Gasteiger partial charge in [-0.15, -0.1) is 0 Å². The fraction of sp³-hybridized carbons (Fsp3) is 0.486. The van der Waals surface area contributed by atoms with Gasteiger partial charge in [-0.05, 0) is 29.7 Å². The molecule has 234 valence electrons. The third kappa shape index (κ3) is 19.2. The second-order valence-corrected chi connectivity index (χ2v) is 10.9. The molecule has 0 aliphatic heterocycles. The summed E-state index contributed by atoms with van der Waals surface area (Å²) in [5.74, 6) is -1.54. The fourth-order valence-corrected chi connectivity index (χ4v) is 4.54. The van der Waals surface area contributed by atoms with E-state index in [2.05, 4.69) is 6.92 Å². The van der Waals surface area contributed by atoms with Crippen LogP contribution in [-0.2, 0) is 28.6 Å². The molecule has 0 heterocycles. The summed E-state index contributed by atoms with van der Waals surface area (Å²) in [5, 5.41) is 0. The molecule has 0 spiro atoms. The van der Waals surface area contributed by atoms with E-state index in [1.54, 1.807) is 12.2 Å². The molecule has 0 aromatic heterocycles. The van der Waals surface area contributed by atoms with Gasteiger partial charge in [-0.3, -0.25) is 4.79 Å². The molecule has 1 atom stereocenters. The number of carbonyl (C=O) groups is 3. The molecular weight excluding hydrogens is 540 g/mol. The first-order chi connectivity index (χ1) is 21.1. The summed E-state index contributed by atoms with van der Waals surface area (Å²) < 4.78 is 16.1. The Morgan fingerprint density at radius 2 is 1.02 bits per heavy atom. The molecule has 1 unspecified atom stereocenters. The van der Waals surface area contributed by atoms with Crippen molar-refractivity contribution in [2.45, 2.75) is 103 Å². The molecular formula is C37H50O6. The Bertz CT molecular complexity index is 1080. The maximum Gasteiger partial charge on any atom is 0.331 e. The number of hydrogen-bond donors (Lipinski definition) is 0. The average molecular weight is 591 g/mol. The quantitative estimate of drug-likeness (QED) is 0.0557. The summed E-state index contributed by atoms with van der Waals surface area (Å²) in [7, 11) is 0. The minimum Gasteiger partial charge on any atom is -0.462 e. The van der Waals surface area contributed by atoms with Gasteiger partial charge in [-0.2, -0.15) is 0 Å². The van der Waals surface area contributed by atoms with Gasteiger partial charge in [0, 0.05) is 18.6 Å². The first kappa shape index (κ1) is 35.5. The van der Waals surface area contributed by atoms with Gasteiger partial charge in [-0.25, -0.2) is 9.59 Å². The van der Waals surface area contributed by atoms with Crippen LogP contribution in [0.25, 0.3) is 12.2 Å². The first-order valence-electron chi connectivity index (χ1n) is 16.1. The van der Waals surface area contributed by atoms with E-state index in [1.165, 1.54) is 76.4 Å². The van der Waals surface area contributed by atoms with Gasteiger partial charge >= 0.3 is 17.9 Å². The minimum atomic E-state index is -0.919. The predicted molar refractivity (Wildman–Crippen MR) is 173 cm³/mol. The van der Waals surface area contributed by atoms with E-state index in [9.17, 15) is 14.4 Å². The van der Waals surface area contributed by atoms with Crippen molar-refractivity contribution in [1.82, 2.24) is 0 Å².